The van der Waals surface area contributed by atoms with Gasteiger partial charge in [0.25, 0.3) is 5.91 Å². The predicted octanol–water partition coefficient (Wildman–Crippen LogP) is 3.36. The van der Waals surface area contributed by atoms with Crippen molar-refractivity contribution in [2.75, 3.05) is 18.1 Å². The maximum absolute atomic E-state index is 13.0. The summed E-state index contributed by atoms with van der Waals surface area (Å²) < 4.78 is 11.9. The summed E-state index contributed by atoms with van der Waals surface area (Å²) in [6.45, 7) is 3.42. The average molecular weight is 442 g/mol. The molecule has 0 N–H and O–H groups in total. The second kappa shape index (κ2) is 10.0. The molecule has 0 aliphatic rings. The molecule has 2 heterocycles. The summed E-state index contributed by atoms with van der Waals surface area (Å²) in [6, 6.07) is 12.7. The van der Waals surface area contributed by atoms with Crippen LogP contribution in [-0.2, 0) is 27.9 Å². The molecule has 0 spiro atoms. The third-order valence-corrected chi connectivity index (χ3v) is 5.60. The molecular formula is C22H23N3O5S. The standard InChI is InChI=1S/C22H23N3O5S/c1-4-29-21(28)19-15(2)23-22(31-19)25(13-16-9-6-5-7-10-16)18(26)14-30-20(27)17-11-8-12-24(17)3/h5-12H,4,13-14H2,1-3H3. The molecule has 162 valence electrons. The van der Waals surface area contributed by atoms with Gasteiger partial charge in [0.05, 0.1) is 18.8 Å². The van der Waals surface area contributed by atoms with Crippen LogP contribution in [0.3, 0.4) is 0 Å². The third-order valence-electron chi connectivity index (χ3n) is 4.44. The van der Waals surface area contributed by atoms with Gasteiger partial charge in [0, 0.05) is 13.2 Å². The Morgan fingerprint density at radius 3 is 2.45 bits per heavy atom. The highest BCUT2D eigenvalue weighted by Crippen LogP contribution is 2.28. The van der Waals surface area contributed by atoms with Crippen LogP contribution in [0.5, 0.6) is 0 Å². The second-order valence-electron chi connectivity index (χ2n) is 6.68. The van der Waals surface area contributed by atoms with Crippen LogP contribution < -0.4 is 4.90 Å². The Kier molecular flexibility index (Phi) is 7.19. The summed E-state index contributed by atoms with van der Waals surface area (Å²) in [7, 11) is 1.72. The third kappa shape index (κ3) is 5.37. The minimum absolute atomic E-state index is 0.219. The summed E-state index contributed by atoms with van der Waals surface area (Å²) in [4.78, 5) is 43.6. The molecule has 1 amide bonds. The van der Waals surface area contributed by atoms with Crippen LogP contribution in [0.4, 0.5) is 5.13 Å². The Balaban J connectivity index is 1.82. The van der Waals surface area contributed by atoms with E-state index in [9.17, 15) is 14.4 Å². The lowest BCUT2D eigenvalue weighted by atomic mass is 10.2. The fraction of sp³-hybridized carbons (Fsp3) is 0.273. The number of amides is 1. The SMILES string of the molecule is CCOC(=O)c1sc(N(Cc2ccccc2)C(=O)COC(=O)c2cccn2C)nc1C. The van der Waals surface area contributed by atoms with Gasteiger partial charge < -0.3 is 14.0 Å². The largest absolute Gasteiger partial charge is 0.462 e. The molecule has 0 radical (unpaired) electrons. The van der Waals surface area contributed by atoms with Crippen molar-refractivity contribution in [1.82, 2.24) is 9.55 Å². The van der Waals surface area contributed by atoms with E-state index in [4.69, 9.17) is 9.47 Å². The monoisotopic (exact) mass is 441 g/mol. The molecule has 0 saturated carbocycles. The number of thiazole rings is 1. The maximum Gasteiger partial charge on any atom is 0.355 e. The molecule has 1 aromatic carbocycles. The van der Waals surface area contributed by atoms with Gasteiger partial charge in [-0.25, -0.2) is 14.6 Å². The quantitative estimate of drug-likeness (QED) is 0.498. The van der Waals surface area contributed by atoms with Crippen LogP contribution in [-0.4, -0.2) is 40.6 Å². The van der Waals surface area contributed by atoms with Crippen LogP contribution in [0, 0.1) is 6.92 Å². The van der Waals surface area contributed by atoms with Crippen molar-refractivity contribution >= 4 is 34.3 Å². The van der Waals surface area contributed by atoms with Gasteiger partial charge in [-0.15, -0.1) is 0 Å². The minimum Gasteiger partial charge on any atom is -0.462 e. The van der Waals surface area contributed by atoms with Gasteiger partial charge in [0.15, 0.2) is 11.7 Å². The molecule has 0 bridgehead atoms. The number of rotatable bonds is 8. The van der Waals surface area contributed by atoms with E-state index in [0.29, 0.717) is 21.4 Å². The molecule has 0 fully saturated rings. The van der Waals surface area contributed by atoms with E-state index in [0.717, 1.165) is 16.9 Å². The van der Waals surface area contributed by atoms with Crippen LogP contribution >= 0.6 is 11.3 Å². The first-order chi connectivity index (χ1) is 14.9. The molecule has 0 unspecified atom stereocenters. The zero-order chi connectivity index (χ0) is 22.4. The number of carbonyl (C=O) groups is 3. The van der Waals surface area contributed by atoms with Crippen LogP contribution in [0.2, 0.25) is 0 Å². The van der Waals surface area contributed by atoms with Crippen molar-refractivity contribution in [2.24, 2.45) is 7.05 Å². The highest BCUT2D eigenvalue weighted by atomic mass is 32.1. The van der Waals surface area contributed by atoms with Gasteiger partial charge in [0.2, 0.25) is 0 Å². The van der Waals surface area contributed by atoms with E-state index in [1.807, 2.05) is 30.3 Å². The molecule has 3 rings (SSSR count). The number of aromatic nitrogens is 2. The number of hydrogen-bond donors (Lipinski definition) is 0. The zero-order valence-electron chi connectivity index (χ0n) is 17.5. The van der Waals surface area contributed by atoms with Gasteiger partial charge in [-0.1, -0.05) is 41.7 Å². The summed E-state index contributed by atoms with van der Waals surface area (Å²) in [5, 5.41) is 0.337. The molecular weight excluding hydrogens is 418 g/mol. The lowest BCUT2D eigenvalue weighted by Gasteiger charge is -2.20. The Labute approximate surface area is 184 Å². The fourth-order valence-corrected chi connectivity index (χ4v) is 3.84. The molecule has 0 atom stereocenters. The van der Waals surface area contributed by atoms with Crippen molar-refractivity contribution in [3.63, 3.8) is 0 Å². The van der Waals surface area contributed by atoms with Gasteiger partial charge in [-0.05, 0) is 31.5 Å². The predicted molar refractivity (Wildman–Crippen MR) is 116 cm³/mol. The number of carbonyl (C=O) groups excluding carboxylic acids is 3. The van der Waals surface area contributed by atoms with Gasteiger partial charge in [0.1, 0.15) is 10.6 Å². The molecule has 0 aliphatic heterocycles. The normalized spacial score (nSPS) is 10.5. The van der Waals surface area contributed by atoms with Gasteiger partial charge in [-0.3, -0.25) is 9.69 Å². The Morgan fingerprint density at radius 2 is 1.81 bits per heavy atom. The summed E-state index contributed by atoms with van der Waals surface area (Å²) in [6.07, 6.45) is 1.72. The Bertz CT molecular complexity index is 1070. The lowest BCUT2D eigenvalue weighted by molar-refractivity contribution is -0.121. The van der Waals surface area contributed by atoms with Crippen molar-refractivity contribution in [3.8, 4) is 0 Å². The molecule has 0 saturated heterocycles. The summed E-state index contributed by atoms with van der Waals surface area (Å²) in [5.74, 6) is -1.52. The van der Waals surface area contributed by atoms with E-state index < -0.39 is 24.5 Å². The molecule has 3 aromatic rings. The zero-order valence-corrected chi connectivity index (χ0v) is 18.3. The fourth-order valence-electron chi connectivity index (χ4n) is 2.86. The number of benzene rings is 1. The number of aryl methyl sites for hydroxylation is 2. The average Bonchev–Trinajstić information content (AvgIpc) is 3.36. The van der Waals surface area contributed by atoms with Crippen molar-refractivity contribution in [3.05, 3.63) is 70.5 Å². The molecule has 0 aliphatic carbocycles. The number of anilines is 1. The molecule has 31 heavy (non-hydrogen) atoms. The van der Waals surface area contributed by atoms with Crippen molar-refractivity contribution in [2.45, 2.75) is 20.4 Å². The minimum atomic E-state index is -0.594. The molecule has 8 nitrogen and oxygen atoms in total. The van der Waals surface area contributed by atoms with E-state index in [1.165, 1.54) is 4.90 Å². The maximum atomic E-state index is 13.0. The Hall–Kier alpha value is -3.46. The summed E-state index contributed by atoms with van der Waals surface area (Å²) in [5.41, 5.74) is 1.69. The summed E-state index contributed by atoms with van der Waals surface area (Å²) >= 11 is 1.07. The lowest BCUT2D eigenvalue weighted by Crippen LogP contribution is -2.34. The number of ether oxygens (including phenoxy) is 2. The number of hydrogen-bond acceptors (Lipinski definition) is 7. The molecule has 2 aromatic heterocycles. The van der Waals surface area contributed by atoms with E-state index in [2.05, 4.69) is 4.98 Å². The van der Waals surface area contributed by atoms with E-state index >= 15 is 0 Å². The van der Waals surface area contributed by atoms with Crippen LogP contribution in [0.1, 0.15) is 38.3 Å². The van der Waals surface area contributed by atoms with E-state index in [1.54, 1.807) is 43.8 Å². The first-order valence-corrected chi connectivity index (χ1v) is 10.5. The van der Waals surface area contributed by atoms with Crippen molar-refractivity contribution in [1.29, 1.82) is 0 Å². The van der Waals surface area contributed by atoms with Crippen LogP contribution in [0.15, 0.2) is 48.7 Å². The van der Waals surface area contributed by atoms with Crippen LogP contribution in [0.25, 0.3) is 0 Å². The molecule has 9 heteroatoms. The topological polar surface area (TPSA) is 90.7 Å². The Morgan fingerprint density at radius 1 is 1.06 bits per heavy atom. The van der Waals surface area contributed by atoms with E-state index in [-0.39, 0.29) is 13.2 Å². The van der Waals surface area contributed by atoms with Crippen molar-refractivity contribution < 1.29 is 23.9 Å². The number of nitrogens with zero attached hydrogens (tertiary/aromatic N) is 3. The first kappa shape index (κ1) is 22.2. The smallest absolute Gasteiger partial charge is 0.355 e. The highest BCUT2D eigenvalue weighted by molar-refractivity contribution is 7.17. The van der Waals surface area contributed by atoms with Gasteiger partial charge in [-0.2, -0.15) is 0 Å². The highest BCUT2D eigenvalue weighted by Gasteiger charge is 2.25. The van der Waals surface area contributed by atoms with Gasteiger partial charge >= 0.3 is 11.9 Å². The first-order valence-electron chi connectivity index (χ1n) is 9.68. The second-order valence-corrected chi connectivity index (χ2v) is 7.65. The number of esters is 2.